The fourth-order valence-corrected chi connectivity index (χ4v) is 1.87. The molecule has 0 atom stereocenters. The van der Waals surface area contributed by atoms with Crippen molar-refractivity contribution < 1.29 is 4.74 Å². The molecule has 5 heteroatoms. The summed E-state index contributed by atoms with van der Waals surface area (Å²) >= 11 is 5.24. The highest BCUT2D eigenvalue weighted by atomic mass is 32.1. The van der Waals surface area contributed by atoms with Gasteiger partial charge >= 0.3 is 0 Å². The number of methoxy groups -OCH3 is 1. The van der Waals surface area contributed by atoms with Crippen molar-refractivity contribution in [3.8, 4) is 0 Å². The van der Waals surface area contributed by atoms with Crippen molar-refractivity contribution in [2.24, 2.45) is 0 Å². The Morgan fingerprint density at radius 1 is 1.50 bits per heavy atom. The molecule has 16 heavy (non-hydrogen) atoms. The molecule has 0 saturated carbocycles. The van der Waals surface area contributed by atoms with Gasteiger partial charge in [-0.2, -0.15) is 0 Å². The molecule has 92 valence electrons. The SMILES string of the molecule is CCc1c[nH]c(=S)n1CCN(C)CCOC. The summed E-state index contributed by atoms with van der Waals surface area (Å²) < 4.78 is 8.02. The molecular weight excluding hydrogens is 222 g/mol. The Morgan fingerprint density at radius 2 is 2.25 bits per heavy atom. The maximum Gasteiger partial charge on any atom is 0.177 e. The van der Waals surface area contributed by atoms with Gasteiger partial charge in [-0.1, -0.05) is 6.92 Å². The minimum absolute atomic E-state index is 0.773. The van der Waals surface area contributed by atoms with Gasteiger partial charge in [0.2, 0.25) is 0 Å². The Morgan fingerprint density at radius 3 is 2.88 bits per heavy atom. The van der Waals surface area contributed by atoms with Crippen molar-refractivity contribution in [2.75, 3.05) is 33.9 Å². The summed E-state index contributed by atoms with van der Waals surface area (Å²) in [6.07, 6.45) is 3.01. The van der Waals surface area contributed by atoms with Gasteiger partial charge in [0.15, 0.2) is 4.77 Å². The first-order chi connectivity index (χ1) is 7.69. The van der Waals surface area contributed by atoms with Crippen LogP contribution in [0.4, 0.5) is 0 Å². The fraction of sp³-hybridized carbons (Fsp3) is 0.727. The molecule has 0 spiro atoms. The summed E-state index contributed by atoms with van der Waals surface area (Å²) in [6.45, 7) is 5.79. The van der Waals surface area contributed by atoms with Crippen LogP contribution in [0.25, 0.3) is 0 Å². The van der Waals surface area contributed by atoms with Crippen LogP contribution in [-0.2, 0) is 17.7 Å². The first kappa shape index (κ1) is 13.4. The van der Waals surface area contributed by atoms with Gasteiger partial charge in [-0.05, 0) is 25.7 Å². The predicted octanol–water partition coefficient (Wildman–Crippen LogP) is 1.69. The molecule has 0 amide bonds. The van der Waals surface area contributed by atoms with E-state index in [9.17, 15) is 0 Å². The highest BCUT2D eigenvalue weighted by molar-refractivity contribution is 7.71. The Kier molecular flexibility index (Phi) is 5.73. The third-order valence-corrected chi connectivity index (χ3v) is 3.04. The summed E-state index contributed by atoms with van der Waals surface area (Å²) in [5.74, 6) is 0. The normalized spacial score (nSPS) is 11.2. The Hall–Kier alpha value is -0.650. The Bertz CT molecular complexity index is 358. The molecule has 0 aromatic carbocycles. The lowest BCUT2D eigenvalue weighted by molar-refractivity contribution is 0.159. The second-order valence-electron chi connectivity index (χ2n) is 3.89. The van der Waals surface area contributed by atoms with Crippen LogP contribution < -0.4 is 0 Å². The highest BCUT2D eigenvalue weighted by Crippen LogP contribution is 2.02. The molecule has 0 aliphatic carbocycles. The van der Waals surface area contributed by atoms with Crippen molar-refractivity contribution in [3.63, 3.8) is 0 Å². The van der Waals surface area contributed by atoms with Gasteiger partial charge in [-0.15, -0.1) is 0 Å². The second kappa shape index (κ2) is 6.83. The van der Waals surface area contributed by atoms with Crippen LogP contribution in [0.15, 0.2) is 6.20 Å². The van der Waals surface area contributed by atoms with E-state index < -0.39 is 0 Å². The smallest absolute Gasteiger partial charge is 0.177 e. The van der Waals surface area contributed by atoms with E-state index in [0.29, 0.717) is 0 Å². The molecule has 4 nitrogen and oxygen atoms in total. The number of ether oxygens (including phenoxy) is 1. The number of imidazole rings is 1. The van der Waals surface area contributed by atoms with Crippen molar-refractivity contribution in [2.45, 2.75) is 19.9 Å². The van der Waals surface area contributed by atoms with Crippen LogP contribution in [0.2, 0.25) is 0 Å². The standard InChI is InChI=1S/C11H21N3OS/c1-4-10-9-12-11(16)14(10)6-5-13(2)7-8-15-3/h9H,4-8H2,1-3H3,(H,12,16). The molecule has 1 heterocycles. The van der Waals surface area contributed by atoms with Gasteiger partial charge in [-0.25, -0.2) is 0 Å². The van der Waals surface area contributed by atoms with Crippen LogP contribution in [-0.4, -0.2) is 48.3 Å². The van der Waals surface area contributed by atoms with Crippen molar-refractivity contribution in [3.05, 3.63) is 16.7 Å². The Balaban J connectivity index is 2.47. The molecule has 0 aliphatic rings. The first-order valence-electron chi connectivity index (χ1n) is 5.63. The van der Waals surface area contributed by atoms with E-state index in [1.54, 1.807) is 7.11 Å². The number of hydrogen-bond acceptors (Lipinski definition) is 3. The van der Waals surface area contributed by atoms with Crippen LogP contribution in [0.5, 0.6) is 0 Å². The number of likely N-dealkylation sites (N-methyl/N-ethyl adjacent to an activating group) is 1. The summed E-state index contributed by atoms with van der Waals surface area (Å²) in [5, 5.41) is 0. The molecule has 0 bridgehead atoms. The van der Waals surface area contributed by atoms with Gasteiger partial charge in [0.05, 0.1) is 6.61 Å². The summed E-state index contributed by atoms with van der Waals surface area (Å²) in [7, 11) is 3.83. The fourth-order valence-electron chi connectivity index (χ4n) is 1.60. The molecule has 0 saturated heterocycles. The second-order valence-corrected chi connectivity index (χ2v) is 4.27. The van der Waals surface area contributed by atoms with Crippen molar-refractivity contribution in [1.29, 1.82) is 0 Å². The topological polar surface area (TPSA) is 33.2 Å². The molecule has 0 unspecified atom stereocenters. The number of nitrogens with one attached hydrogen (secondary N) is 1. The summed E-state index contributed by atoms with van der Waals surface area (Å²) in [4.78, 5) is 5.34. The lowest BCUT2D eigenvalue weighted by Gasteiger charge is -2.17. The van der Waals surface area contributed by atoms with Gasteiger partial charge in [-0.3, -0.25) is 0 Å². The quantitative estimate of drug-likeness (QED) is 0.740. The van der Waals surface area contributed by atoms with Crippen LogP contribution in [0.1, 0.15) is 12.6 Å². The minimum atomic E-state index is 0.773. The Labute approximate surface area is 102 Å². The molecule has 0 radical (unpaired) electrons. The van der Waals surface area contributed by atoms with E-state index in [1.165, 1.54) is 5.69 Å². The van der Waals surface area contributed by atoms with Crippen LogP contribution >= 0.6 is 12.2 Å². The molecule has 1 aromatic heterocycles. The number of nitrogens with zero attached hydrogens (tertiary/aromatic N) is 2. The molecule has 1 N–H and O–H groups in total. The van der Waals surface area contributed by atoms with Gasteiger partial charge in [0, 0.05) is 38.6 Å². The van der Waals surface area contributed by atoms with E-state index in [-0.39, 0.29) is 0 Å². The average molecular weight is 243 g/mol. The molecular formula is C11H21N3OS. The maximum absolute atomic E-state index is 5.24. The zero-order chi connectivity index (χ0) is 12.0. The van der Waals surface area contributed by atoms with Crippen molar-refractivity contribution >= 4 is 12.2 Å². The number of aryl methyl sites for hydroxylation is 1. The monoisotopic (exact) mass is 243 g/mol. The predicted molar refractivity (Wildman–Crippen MR) is 68.4 cm³/mol. The van der Waals surface area contributed by atoms with Crippen LogP contribution in [0, 0.1) is 4.77 Å². The van der Waals surface area contributed by atoms with Crippen molar-refractivity contribution in [1.82, 2.24) is 14.5 Å². The average Bonchev–Trinajstić information content (AvgIpc) is 2.64. The molecule has 1 rings (SSSR count). The number of rotatable bonds is 7. The van der Waals surface area contributed by atoms with E-state index in [4.69, 9.17) is 17.0 Å². The number of aromatic nitrogens is 2. The molecule has 0 fully saturated rings. The summed E-state index contributed by atoms with van der Waals surface area (Å²) in [6, 6.07) is 0. The highest BCUT2D eigenvalue weighted by Gasteiger charge is 2.03. The third-order valence-electron chi connectivity index (χ3n) is 2.70. The number of hydrogen-bond donors (Lipinski definition) is 1. The maximum atomic E-state index is 5.24. The van der Waals surface area contributed by atoms with E-state index in [0.717, 1.165) is 37.4 Å². The zero-order valence-corrected chi connectivity index (χ0v) is 11.1. The first-order valence-corrected chi connectivity index (χ1v) is 6.04. The largest absolute Gasteiger partial charge is 0.383 e. The molecule has 0 aliphatic heterocycles. The van der Waals surface area contributed by atoms with Gasteiger partial charge in [0.1, 0.15) is 0 Å². The lowest BCUT2D eigenvalue weighted by atomic mass is 10.3. The summed E-state index contributed by atoms with van der Waals surface area (Å²) in [5.41, 5.74) is 1.27. The zero-order valence-electron chi connectivity index (χ0n) is 10.3. The lowest BCUT2D eigenvalue weighted by Crippen LogP contribution is -2.27. The van der Waals surface area contributed by atoms with E-state index >= 15 is 0 Å². The molecule has 1 aromatic rings. The van der Waals surface area contributed by atoms with Gasteiger partial charge < -0.3 is 19.2 Å². The minimum Gasteiger partial charge on any atom is -0.383 e. The van der Waals surface area contributed by atoms with E-state index in [1.807, 2.05) is 6.20 Å². The third kappa shape index (κ3) is 3.73. The number of aromatic amines is 1. The number of H-pyrrole nitrogens is 1. The van der Waals surface area contributed by atoms with Gasteiger partial charge in [0.25, 0.3) is 0 Å². The van der Waals surface area contributed by atoms with Crippen LogP contribution in [0.3, 0.4) is 0 Å². The van der Waals surface area contributed by atoms with E-state index in [2.05, 4.69) is 28.4 Å².